The topological polar surface area (TPSA) is 86.8 Å². The summed E-state index contributed by atoms with van der Waals surface area (Å²) < 4.78 is 17.3. The molecule has 202 valence electrons. The minimum absolute atomic E-state index is 0.0954. The highest BCUT2D eigenvalue weighted by molar-refractivity contribution is 6.01. The standard InChI is InChI=1S/C32H34N2O5/c1-5-25(6-2)38-26-14-12-24-19-27(15-13-23(24)18-26)39-31-16-11-22(20-33-31)17-30(35)34-29-10-8-7-9-28(29)32(36)37-21(3)4/h7-16,18-21,25H,5-6,17H2,1-4H3,(H,34,35). The number of hydrogen-bond acceptors (Lipinski definition) is 6. The van der Waals surface area contributed by atoms with Crippen LogP contribution in [-0.2, 0) is 16.0 Å². The third-order valence-electron chi connectivity index (χ3n) is 6.15. The molecule has 0 aliphatic carbocycles. The molecule has 0 spiro atoms. The van der Waals surface area contributed by atoms with E-state index in [1.54, 1.807) is 56.4 Å². The maximum atomic E-state index is 12.7. The summed E-state index contributed by atoms with van der Waals surface area (Å²) in [5.74, 6) is 1.21. The lowest BCUT2D eigenvalue weighted by Gasteiger charge is -2.16. The summed E-state index contributed by atoms with van der Waals surface area (Å²) in [5, 5.41) is 4.90. The molecular formula is C32H34N2O5. The van der Waals surface area contributed by atoms with Gasteiger partial charge >= 0.3 is 5.97 Å². The highest BCUT2D eigenvalue weighted by Gasteiger charge is 2.16. The number of fused-ring (bicyclic) bond motifs is 1. The van der Waals surface area contributed by atoms with Crippen LogP contribution in [0.25, 0.3) is 10.8 Å². The van der Waals surface area contributed by atoms with E-state index in [2.05, 4.69) is 24.1 Å². The first-order chi connectivity index (χ1) is 18.8. The van der Waals surface area contributed by atoms with Gasteiger partial charge in [-0.25, -0.2) is 9.78 Å². The molecule has 0 saturated heterocycles. The monoisotopic (exact) mass is 526 g/mol. The van der Waals surface area contributed by atoms with E-state index in [0.717, 1.165) is 29.4 Å². The van der Waals surface area contributed by atoms with Gasteiger partial charge in [-0.2, -0.15) is 0 Å². The summed E-state index contributed by atoms with van der Waals surface area (Å²) in [7, 11) is 0. The lowest BCUT2D eigenvalue weighted by atomic mass is 10.1. The molecule has 7 heteroatoms. The Labute approximate surface area is 229 Å². The van der Waals surface area contributed by atoms with Crippen LogP contribution in [0.3, 0.4) is 0 Å². The van der Waals surface area contributed by atoms with Gasteiger partial charge in [0.1, 0.15) is 11.5 Å². The second-order valence-corrected chi connectivity index (χ2v) is 9.56. The first kappa shape index (κ1) is 27.6. The second-order valence-electron chi connectivity index (χ2n) is 9.56. The smallest absolute Gasteiger partial charge is 0.340 e. The van der Waals surface area contributed by atoms with E-state index >= 15 is 0 Å². The molecule has 0 aliphatic heterocycles. The van der Waals surface area contributed by atoms with Crippen LogP contribution in [0.2, 0.25) is 0 Å². The van der Waals surface area contributed by atoms with E-state index in [4.69, 9.17) is 14.2 Å². The fourth-order valence-electron chi connectivity index (χ4n) is 4.11. The fraction of sp³-hybridized carbons (Fsp3) is 0.281. The largest absolute Gasteiger partial charge is 0.490 e. The number of nitrogens with zero attached hydrogens (tertiary/aromatic N) is 1. The number of aromatic nitrogens is 1. The highest BCUT2D eigenvalue weighted by Crippen LogP contribution is 2.28. The molecule has 1 heterocycles. The zero-order valence-electron chi connectivity index (χ0n) is 22.8. The molecule has 4 aromatic rings. The molecular weight excluding hydrogens is 492 g/mol. The van der Waals surface area contributed by atoms with Gasteiger partial charge in [0.2, 0.25) is 11.8 Å². The van der Waals surface area contributed by atoms with Crippen LogP contribution in [0.15, 0.2) is 79.0 Å². The first-order valence-corrected chi connectivity index (χ1v) is 13.3. The number of hydrogen-bond donors (Lipinski definition) is 1. The van der Waals surface area contributed by atoms with E-state index in [9.17, 15) is 9.59 Å². The predicted molar refractivity (Wildman–Crippen MR) is 153 cm³/mol. The van der Waals surface area contributed by atoms with Gasteiger partial charge < -0.3 is 19.5 Å². The van der Waals surface area contributed by atoms with Gasteiger partial charge in [0.25, 0.3) is 0 Å². The maximum Gasteiger partial charge on any atom is 0.340 e. The zero-order chi connectivity index (χ0) is 27.8. The van der Waals surface area contributed by atoms with E-state index in [1.165, 1.54) is 0 Å². The molecule has 1 aromatic heterocycles. The quantitative estimate of drug-likeness (QED) is 0.206. The van der Waals surface area contributed by atoms with Gasteiger partial charge in [-0.1, -0.05) is 44.2 Å². The SMILES string of the molecule is CCC(CC)Oc1ccc2cc(Oc3ccc(CC(=O)Nc4ccccc4C(=O)OC(C)C)cn3)ccc2c1. The number of rotatable bonds is 11. The summed E-state index contributed by atoms with van der Waals surface area (Å²) in [5.41, 5.74) is 1.43. The number of para-hydroxylation sites is 1. The number of benzene rings is 3. The average Bonchev–Trinajstić information content (AvgIpc) is 2.92. The lowest BCUT2D eigenvalue weighted by molar-refractivity contribution is -0.115. The third kappa shape index (κ3) is 7.57. The number of pyridine rings is 1. The summed E-state index contributed by atoms with van der Waals surface area (Å²) in [4.78, 5) is 29.4. The highest BCUT2D eigenvalue weighted by atomic mass is 16.5. The molecule has 0 atom stereocenters. The van der Waals surface area contributed by atoms with Crippen molar-refractivity contribution in [2.24, 2.45) is 0 Å². The summed E-state index contributed by atoms with van der Waals surface area (Å²) in [6.45, 7) is 7.81. The summed E-state index contributed by atoms with van der Waals surface area (Å²) >= 11 is 0. The van der Waals surface area contributed by atoms with E-state index < -0.39 is 5.97 Å². The van der Waals surface area contributed by atoms with Crippen molar-refractivity contribution in [3.63, 3.8) is 0 Å². The molecule has 0 bridgehead atoms. The maximum absolute atomic E-state index is 12.7. The third-order valence-corrected chi connectivity index (χ3v) is 6.15. The van der Waals surface area contributed by atoms with Gasteiger partial charge in [0.15, 0.2) is 0 Å². The Morgan fingerprint density at radius 1 is 0.872 bits per heavy atom. The Bertz CT molecular complexity index is 1430. The van der Waals surface area contributed by atoms with Crippen molar-refractivity contribution in [3.8, 4) is 17.4 Å². The van der Waals surface area contributed by atoms with Crippen LogP contribution in [-0.4, -0.2) is 29.1 Å². The van der Waals surface area contributed by atoms with Crippen molar-refractivity contribution in [3.05, 3.63) is 90.1 Å². The number of carbonyl (C=O) groups is 2. The Morgan fingerprint density at radius 3 is 2.23 bits per heavy atom. The van der Waals surface area contributed by atoms with Crippen LogP contribution >= 0.6 is 0 Å². The van der Waals surface area contributed by atoms with Crippen molar-refractivity contribution in [1.82, 2.24) is 4.98 Å². The summed E-state index contributed by atoms with van der Waals surface area (Å²) in [6, 6.07) is 22.2. The van der Waals surface area contributed by atoms with Gasteiger partial charge in [-0.05, 0) is 79.4 Å². The van der Waals surface area contributed by atoms with Crippen molar-refractivity contribution in [1.29, 1.82) is 0 Å². The van der Waals surface area contributed by atoms with Crippen molar-refractivity contribution in [2.45, 2.75) is 59.2 Å². The normalized spacial score (nSPS) is 11.0. The van der Waals surface area contributed by atoms with Crippen molar-refractivity contribution in [2.75, 3.05) is 5.32 Å². The van der Waals surface area contributed by atoms with E-state index in [1.807, 2.05) is 36.4 Å². The molecule has 4 rings (SSSR count). The van der Waals surface area contributed by atoms with Crippen molar-refractivity contribution >= 4 is 28.3 Å². The zero-order valence-corrected chi connectivity index (χ0v) is 22.8. The molecule has 0 unspecified atom stereocenters. The molecule has 39 heavy (non-hydrogen) atoms. The number of anilines is 1. The molecule has 0 aliphatic rings. The molecule has 0 radical (unpaired) electrons. The van der Waals surface area contributed by atoms with Crippen LogP contribution in [0, 0.1) is 0 Å². The molecule has 1 N–H and O–H groups in total. The minimum Gasteiger partial charge on any atom is -0.490 e. The Morgan fingerprint density at radius 2 is 1.56 bits per heavy atom. The molecule has 7 nitrogen and oxygen atoms in total. The number of carbonyl (C=O) groups excluding carboxylic acids is 2. The Kier molecular flexibility index (Phi) is 9.15. The Hall–Kier alpha value is -4.39. The van der Waals surface area contributed by atoms with Gasteiger partial charge in [0.05, 0.1) is 29.9 Å². The van der Waals surface area contributed by atoms with Crippen LogP contribution < -0.4 is 14.8 Å². The number of amides is 1. The van der Waals surface area contributed by atoms with Crippen molar-refractivity contribution < 1.29 is 23.8 Å². The lowest BCUT2D eigenvalue weighted by Crippen LogP contribution is -2.18. The minimum atomic E-state index is -0.479. The predicted octanol–water partition coefficient (Wildman–Crippen LogP) is 7.34. The van der Waals surface area contributed by atoms with Crippen LogP contribution in [0.4, 0.5) is 5.69 Å². The van der Waals surface area contributed by atoms with Crippen LogP contribution in [0.1, 0.15) is 56.5 Å². The number of nitrogens with one attached hydrogen (secondary N) is 1. The fourth-order valence-corrected chi connectivity index (χ4v) is 4.11. The van der Waals surface area contributed by atoms with Gasteiger partial charge in [-0.3, -0.25) is 4.79 Å². The van der Waals surface area contributed by atoms with Gasteiger partial charge in [0, 0.05) is 12.3 Å². The second kappa shape index (κ2) is 12.9. The number of ether oxygens (including phenoxy) is 3. The molecule has 0 saturated carbocycles. The number of esters is 1. The molecule has 0 fully saturated rings. The molecule has 3 aromatic carbocycles. The van der Waals surface area contributed by atoms with E-state index in [-0.39, 0.29) is 24.5 Å². The Balaban J connectivity index is 1.37. The summed E-state index contributed by atoms with van der Waals surface area (Å²) in [6.07, 6.45) is 3.61. The molecule has 1 amide bonds. The first-order valence-electron chi connectivity index (χ1n) is 13.3. The van der Waals surface area contributed by atoms with E-state index in [0.29, 0.717) is 28.4 Å². The van der Waals surface area contributed by atoms with Gasteiger partial charge in [-0.15, -0.1) is 0 Å². The average molecular weight is 527 g/mol. The van der Waals surface area contributed by atoms with Crippen LogP contribution in [0.5, 0.6) is 17.4 Å².